The van der Waals surface area contributed by atoms with Crippen molar-refractivity contribution in [1.82, 2.24) is 10.2 Å². The van der Waals surface area contributed by atoms with E-state index in [-0.39, 0.29) is 18.7 Å². The van der Waals surface area contributed by atoms with Crippen molar-refractivity contribution >= 4 is 40.1 Å². The average Bonchev–Trinajstić information content (AvgIpc) is 2.61. The maximum atomic E-state index is 13.0. The summed E-state index contributed by atoms with van der Waals surface area (Å²) in [4.78, 5) is 50.4. The molecule has 1 unspecified atom stereocenters. The second-order valence-corrected chi connectivity index (χ2v) is 6.09. The van der Waals surface area contributed by atoms with E-state index in [4.69, 9.17) is 0 Å². The van der Waals surface area contributed by atoms with Gasteiger partial charge in [-0.25, -0.2) is 0 Å². The molecule has 2 heterocycles. The number of piperidine rings is 1. The molecule has 2 aliphatic heterocycles. The first-order valence-electron chi connectivity index (χ1n) is 7.98. The normalized spacial score (nSPS) is 20.0. The van der Waals surface area contributed by atoms with E-state index in [2.05, 4.69) is 10.6 Å². The van der Waals surface area contributed by atoms with Gasteiger partial charge in [0.05, 0.1) is 0 Å². The second-order valence-electron chi connectivity index (χ2n) is 6.09. The molecule has 1 saturated heterocycles. The molecule has 4 rings (SSSR count). The van der Waals surface area contributed by atoms with Crippen molar-refractivity contribution in [1.29, 1.82) is 0 Å². The van der Waals surface area contributed by atoms with E-state index < -0.39 is 23.8 Å². The summed E-state index contributed by atoms with van der Waals surface area (Å²) in [5.41, 5.74) is 1.58. The van der Waals surface area contributed by atoms with Crippen LogP contribution in [0, 0.1) is 0 Å². The molecule has 0 bridgehead atoms. The van der Waals surface area contributed by atoms with Gasteiger partial charge in [0.1, 0.15) is 6.04 Å². The zero-order valence-electron chi connectivity index (χ0n) is 13.5. The molecule has 2 aliphatic rings. The lowest BCUT2D eigenvalue weighted by molar-refractivity contribution is -0.136. The SMILES string of the molecule is CNc1ccc2c3c(cccc13)C(=O)N(C1CCC(=O)NC1=O)C2=O. The summed E-state index contributed by atoms with van der Waals surface area (Å²) < 4.78 is 0. The molecule has 126 valence electrons. The Morgan fingerprint density at radius 2 is 1.76 bits per heavy atom. The fourth-order valence-electron chi connectivity index (χ4n) is 3.54. The number of hydrogen-bond donors (Lipinski definition) is 2. The minimum absolute atomic E-state index is 0.100. The third kappa shape index (κ3) is 2.12. The molecule has 2 aromatic carbocycles. The van der Waals surface area contributed by atoms with Crippen molar-refractivity contribution in [2.24, 2.45) is 0 Å². The van der Waals surface area contributed by atoms with Crippen molar-refractivity contribution in [3.63, 3.8) is 0 Å². The summed E-state index contributed by atoms with van der Waals surface area (Å²) in [6.07, 6.45) is 0.241. The first-order valence-corrected chi connectivity index (χ1v) is 7.98. The van der Waals surface area contributed by atoms with Gasteiger partial charge in [-0.3, -0.25) is 29.4 Å². The van der Waals surface area contributed by atoms with Gasteiger partial charge < -0.3 is 5.32 Å². The lowest BCUT2D eigenvalue weighted by atomic mass is 9.91. The van der Waals surface area contributed by atoms with Crippen LogP contribution in [0.15, 0.2) is 30.3 Å². The largest absolute Gasteiger partial charge is 0.388 e. The van der Waals surface area contributed by atoms with Crippen LogP contribution in [-0.2, 0) is 9.59 Å². The molecule has 1 fully saturated rings. The maximum Gasteiger partial charge on any atom is 0.262 e. The number of nitrogens with one attached hydrogen (secondary N) is 2. The Hall–Kier alpha value is -3.22. The summed E-state index contributed by atoms with van der Waals surface area (Å²) >= 11 is 0. The van der Waals surface area contributed by atoms with Crippen LogP contribution in [0.4, 0.5) is 5.69 Å². The minimum Gasteiger partial charge on any atom is -0.388 e. The molecule has 2 N–H and O–H groups in total. The topological polar surface area (TPSA) is 95.6 Å². The predicted octanol–water partition coefficient (Wildman–Crippen LogP) is 1.28. The number of anilines is 1. The Bertz CT molecular complexity index is 944. The first kappa shape index (κ1) is 15.3. The van der Waals surface area contributed by atoms with E-state index in [0.717, 1.165) is 16.0 Å². The average molecular weight is 337 g/mol. The van der Waals surface area contributed by atoms with Crippen LogP contribution >= 0.6 is 0 Å². The highest BCUT2D eigenvalue weighted by atomic mass is 16.2. The van der Waals surface area contributed by atoms with Gasteiger partial charge in [0, 0.05) is 41.1 Å². The molecule has 0 saturated carbocycles. The smallest absolute Gasteiger partial charge is 0.262 e. The molecule has 0 aliphatic carbocycles. The molecule has 7 heteroatoms. The van der Waals surface area contributed by atoms with Gasteiger partial charge in [-0.15, -0.1) is 0 Å². The third-order valence-corrected chi connectivity index (χ3v) is 4.73. The summed E-state index contributed by atoms with van der Waals surface area (Å²) in [5, 5.41) is 6.62. The second kappa shape index (κ2) is 5.41. The van der Waals surface area contributed by atoms with Crippen molar-refractivity contribution in [2.75, 3.05) is 12.4 Å². The molecule has 7 nitrogen and oxygen atoms in total. The van der Waals surface area contributed by atoms with Gasteiger partial charge in [0.25, 0.3) is 11.8 Å². The molecule has 1 atom stereocenters. The number of rotatable bonds is 2. The summed E-state index contributed by atoms with van der Waals surface area (Å²) in [5.74, 6) is -2.02. The van der Waals surface area contributed by atoms with Crippen LogP contribution in [0.1, 0.15) is 33.6 Å². The van der Waals surface area contributed by atoms with E-state index in [1.54, 1.807) is 31.3 Å². The minimum atomic E-state index is -0.968. The fourth-order valence-corrected chi connectivity index (χ4v) is 3.54. The zero-order valence-corrected chi connectivity index (χ0v) is 13.5. The summed E-state index contributed by atoms with van der Waals surface area (Å²) in [6.45, 7) is 0. The van der Waals surface area contributed by atoms with Gasteiger partial charge in [0.15, 0.2) is 0 Å². The Morgan fingerprint density at radius 3 is 2.44 bits per heavy atom. The highest BCUT2D eigenvalue weighted by molar-refractivity contribution is 6.28. The van der Waals surface area contributed by atoms with E-state index in [1.165, 1.54) is 0 Å². The molecule has 25 heavy (non-hydrogen) atoms. The fraction of sp³-hybridized carbons (Fsp3) is 0.222. The molecule has 0 radical (unpaired) electrons. The predicted molar refractivity (Wildman–Crippen MR) is 90.2 cm³/mol. The van der Waals surface area contributed by atoms with Crippen LogP contribution in [0.2, 0.25) is 0 Å². The number of amides is 4. The zero-order chi connectivity index (χ0) is 17.7. The highest BCUT2D eigenvalue weighted by Crippen LogP contribution is 2.35. The molecular weight excluding hydrogens is 322 g/mol. The molecule has 4 amide bonds. The van der Waals surface area contributed by atoms with E-state index >= 15 is 0 Å². The van der Waals surface area contributed by atoms with Crippen LogP contribution in [0.3, 0.4) is 0 Å². The van der Waals surface area contributed by atoms with Gasteiger partial charge in [-0.2, -0.15) is 0 Å². The van der Waals surface area contributed by atoms with E-state index in [0.29, 0.717) is 16.5 Å². The summed E-state index contributed by atoms with van der Waals surface area (Å²) in [6, 6.07) is 7.71. The van der Waals surface area contributed by atoms with Crippen molar-refractivity contribution in [3.05, 3.63) is 41.5 Å². The number of carbonyl (C=O) groups excluding carboxylic acids is 4. The molecular formula is C18H15N3O4. The molecule has 0 spiro atoms. The van der Waals surface area contributed by atoms with Crippen LogP contribution < -0.4 is 10.6 Å². The maximum absolute atomic E-state index is 13.0. The van der Waals surface area contributed by atoms with Gasteiger partial charge in [0.2, 0.25) is 11.8 Å². The van der Waals surface area contributed by atoms with Gasteiger partial charge in [-0.05, 0) is 24.6 Å². The highest BCUT2D eigenvalue weighted by Gasteiger charge is 2.42. The molecule has 2 aromatic rings. The van der Waals surface area contributed by atoms with Crippen molar-refractivity contribution in [2.45, 2.75) is 18.9 Å². The standard InChI is InChI=1S/C18H15N3O4/c1-19-12-6-5-11-15-9(12)3-2-4-10(15)17(24)21(18(11)25)13-7-8-14(22)20-16(13)23/h2-6,13,19H,7-8H2,1H3,(H,20,22,23). The van der Waals surface area contributed by atoms with Crippen LogP contribution in [0.25, 0.3) is 10.8 Å². The monoisotopic (exact) mass is 337 g/mol. The lowest BCUT2D eigenvalue weighted by Crippen LogP contribution is -2.57. The Labute approximate surface area is 143 Å². The Kier molecular flexibility index (Phi) is 3.31. The Balaban J connectivity index is 1.88. The van der Waals surface area contributed by atoms with Crippen molar-refractivity contribution in [3.8, 4) is 0 Å². The van der Waals surface area contributed by atoms with E-state index in [1.807, 2.05) is 6.07 Å². The summed E-state index contributed by atoms with van der Waals surface area (Å²) in [7, 11) is 1.77. The Morgan fingerprint density at radius 1 is 1.04 bits per heavy atom. The number of nitrogens with zero attached hydrogens (tertiary/aromatic N) is 1. The van der Waals surface area contributed by atoms with Gasteiger partial charge in [-0.1, -0.05) is 12.1 Å². The van der Waals surface area contributed by atoms with Gasteiger partial charge >= 0.3 is 0 Å². The molecule has 0 aromatic heterocycles. The van der Waals surface area contributed by atoms with Crippen LogP contribution in [-0.4, -0.2) is 41.6 Å². The lowest BCUT2D eigenvalue weighted by Gasteiger charge is -2.34. The van der Waals surface area contributed by atoms with Crippen molar-refractivity contribution < 1.29 is 19.2 Å². The van der Waals surface area contributed by atoms with E-state index in [9.17, 15) is 19.2 Å². The number of imide groups is 2. The quantitative estimate of drug-likeness (QED) is 0.805. The third-order valence-electron chi connectivity index (χ3n) is 4.73. The van der Waals surface area contributed by atoms with Crippen LogP contribution in [0.5, 0.6) is 0 Å². The number of carbonyl (C=O) groups is 4. The number of benzene rings is 2. The first-order chi connectivity index (χ1) is 12.0. The number of hydrogen-bond acceptors (Lipinski definition) is 5.